The minimum absolute atomic E-state index is 0.107. The second-order valence-corrected chi connectivity index (χ2v) is 13.6. The Kier molecular flexibility index (Phi) is 10.3. The molecule has 3 N–H and O–H groups in total. The fourth-order valence-corrected chi connectivity index (χ4v) is 8.69. The van der Waals surface area contributed by atoms with Crippen molar-refractivity contribution in [2.24, 2.45) is 11.8 Å². The van der Waals surface area contributed by atoms with Gasteiger partial charge in [0.2, 0.25) is 5.91 Å². The number of hydrogen-bond donors (Lipinski definition) is 3. The van der Waals surface area contributed by atoms with Crippen LogP contribution in [0.5, 0.6) is 0 Å². The number of methoxy groups -OCH3 is 1. The van der Waals surface area contributed by atoms with Crippen molar-refractivity contribution in [2.45, 2.75) is 54.7 Å². The first-order chi connectivity index (χ1) is 16.7. The molecule has 1 aromatic heterocycles. The van der Waals surface area contributed by atoms with Gasteiger partial charge in [0.25, 0.3) is 20.0 Å². The van der Waals surface area contributed by atoms with Gasteiger partial charge < -0.3 is 15.2 Å². The molecule has 0 aliphatic carbocycles. The summed E-state index contributed by atoms with van der Waals surface area (Å²) in [7, 11) is -6.99. The number of aliphatic hydroxyl groups is 1. The number of nitrogens with one attached hydrogen (secondary N) is 2. The summed E-state index contributed by atoms with van der Waals surface area (Å²) in [5.74, 6) is -5.60. The summed E-state index contributed by atoms with van der Waals surface area (Å²) in [6.07, 6.45) is -0.959. The number of likely N-dealkylation sites (N-methyl/N-ethyl adjacent to an activating group) is 1. The molecule has 0 saturated carbocycles. The van der Waals surface area contributed by atoms with Crippen LogP contribution >= 0.6 is 11.3 Å². The number of carbonyl (C=O) groups excluding carboxylic acids is 3. The van der Waals surface area contributed by atoms with Gasteiger partial charge in [-0.1, -0.05) is 6.92 Å². The monoisotopic (exact) mass is 567 g/mol. The van der Waals surface area contributed by atoms with E-state index < -0.39 is 61.5 Å². The van der Waals surface area contributed by atoms with E-state index >= 15 is 0 Å². The third-order valence-corrected chi connectivity index (χ3v) is 11.2. The van der Waals surface area contributed by atoms with Crippen molar-refractivity contribution < 1.29 is 41.1 Å². The van der Waals surface area contributed by atoms with E-state index in [1.54, 1.807) is 0 Å². The minimum atomic E-state index is -4.52. The van der Waals surface area contributed by atoms with Gasteiger partial charge in [0, 0.05) is 38.4 Å². The van der Waals surface area contributed by atoms with E-state index in [-0.39, 0.29) is 27.1 Å². The van der Waals surface area contributed by atoms with Gasteiger partial charge in [-0.3, -0.25) is 14.4 Å². The van der Waals surface area contributed by atoms with E-state index in [0.717, 1.165) is 6.92 Å². The molecule has 0 spiro atoms. The van der Waals surface area contributed by atoms with Crippen LogP contribution in [0.1, 0.15) is 45.7 Å². The highest BCUT2D eigenvalue weighted by atomic mass is 32.3. The lowest BCUT2D eigenvalue weighted by atomic mass is 9.90. The number of ketones is 2. The standard InChI is InChI=1S/C21H33N3O9S3/c1-6-22-16-11-24(8-7-9-33-5)36(31,32)21-15(16)10-17(34-21)35(29,30)23-20(28)13(3)18(26)12(2)19(27)14(4)25/h10,12-14,16,22,25H,6-9,11H2,1-5H3,(H,23,28)/t12-,13+,14+,16+/m1/s1. The molecule has 1 amide bonds. The Morgan fingerprint density at radius 1 is 1.22 bits per heavy atom. The van der Waals surface area contributed by atoms with Crippen LogP contribution in [0.15, 0.2) is 14.5 Å². The highest BCUT2D eigenvalue weighted by Crippen LogP contribution is 2.40. The predicted octanol–water partition coefficient (Wildman–Crippen LogP) is 0.0356. The number of hydrogen-bond acceptors (Lipinski definition) is 11. The quantitative estimate of drug-likeness (QED) is 0.218. The second-order valence-electron chi connectivity index (χ2n) is 8.52. The average Bonchev–Trinajstić information content (AvgIpc) is 3.28. The average molecular weight is 568 g/mol. The molecule has 1 aromatic rings. The SMILES string of the molecule is CCN[C@H]1CN(CCCOC)S(=O)(=O)c2sc(S(=O)(=O)NC(=O)[C@@H](C)C(=O)[C@@H](C)C(=O)[C@H](C)O)cc21. The lowest BCUT2D eigenvalue weighted by Gasteiger charge is -2.32. The lowest BCUT2D eigenvalue weighted by molar-refractivity contribution is -0.140. The van der Waals surface area contributed by atoms with Crippen LogP contribution in [0.2, 0.25) is 0 Å². The first kappa shape index (κ1) is 30.5. The third-order valence-electron chi connectivity index (χ3n) is 5.83. The van der Waals surface area contributed by atoms with E-state index in [1.807, 2.05) is 11.6 Å². The first-order valence-electron chi connectivity index (χ1n) is 11.4. The summed E-state index contributed by atoms with van der Waals surface area (Å²) in [5, 5.41) is 12.6. The lowest BCUT2D eigenvalue weighted by Crippen LogP contribution is -2.43. The molecular formula is C21H33N3O9S3. The molecule has 0 unspecified atom stereocenters. The minimum Gasteiger partial charge on any atom is -0.386 e. The summed E-state index contributed by atoms with van der Waals surface area (Å²) in [5.41, 5.74) is 0.290. The van der Waals surface area contributed by atoms with Crippen molar-refractivity contribution in [3.63, 3.8) is 0 Å². The van der Waals surface area contributed by atoms with Crippen LogP contribution in [0, 0.1) is 11.8 Å². The number of aliphatic hydroxyl groups excluding tert-OH is 1. The number of fused-ring (bicyclic) bond motifs is 1. The molecule has 4 atom stereocenters. The van der Waals surface area contributed by atoms with Crippen molar-refractivity contribution >= 4 is 48.9 Å². The Balaban J connectivity index is 2.33. The molecule has 1 aliphatic heterocycles. The number of ether oxygens (including phenoxy) is 1. The maximum absolute atomic E-state index is 13.2. The number of Topliss-reactive ketones (excluding diaryl/α,β-unsaturated/α-hetero) is 2. The number of rotatable bonds is 13. The van der Waals surface area contributed by atoms with Crippen LogP contribution < -0.4 is 10.0 Å². The molecule has 36 heavy (non-hydrogen) atoms. The molecule has 12 nitrogen and oxygen atoms in total. The Bertz CT molecular complexity index is 1190. The Morgan fingerprint density at radius 2 is 1.86 bits per heavy atom. The summed E-state index contributed by atoms with van der Waals surface area (Å²) in [4.78, 5) is 36.9. The zero-order chi connectivity index (χ0) is 27.4. The van der Waals surface area contributed by atoms with Crippen LogP contribution in [-0.4, -0.2) is 83.2 Å². The van der Waals surface area contributed by atoms with Crippen LogP contribution in [-0.2, 0) is 39.2 Å². The normalized spacial score (nSPS) is 20.2. The zero-order valence-corrected chi connectivity index (χ0v) is 23.3. The van der Waals surface area contributed by atoms with E-state index in [0.29, 0.717) is 30.9 Å². The Hall–Kier alpha value is -1.75. The largest absolute Gasteiger partial charge is 0.386 e. The van der Waals surface area contributed by atoms with Gasteiger partial charge >= 0.3 is 0 Å². The molecule has 2 rings (SSSR count). The van der Waals surface area contributed by atoms with Crippen molar-refractivity contribution in [2.75, 3.05) is 33.4 Å². The van der Waals surface area contributed by atoms with E-state index in [4.69, 9.17) is 4.74 Å². The first-order valence-corrected chi connectivity index (χ1v) is 15.1. The summed E-state index contributed by atoms with van der Waals surface area (Å²) in [6, 6.07) is 0.763. The van der Waals surface area contributed by atoms with E-state index in [2.05, 4.69) is 5.32 Å². The maximum Gasteiger partial charge on any atom is 0.273 e. The van der Waals surface area contributed by atoms with Crippen LogP contribution in [0.4, 0.5) is 0 Å². The van der Waals surface area contributed by atoms with Gasteiger partial charge in [-0.05, 0) is 39.8 Å². The number of sulfonamides is 2. The fourth-order valence-electron chi connectivity index (χ4n) is 3.75. The highest BCUT2D eigenvalue weighted by molar-refractivity contribution is 7.94. The molecule has 1 aliphatic rings. The summed E-state index contributed by atoms with van der Waals surface area (Å²) < 4.78 is 59.9. The van der Waals surface area contributed by atoms with Crippen LogP contribution in [0.3, 0.4) is 0 Å². The molecule has 0 aromatic carbocycles. The van der Waals surface area contributed by atoms with Crippen LogP contribution in [0.25, 0.3) is 0 Å². The number of thiophene rings is 1. The molecular weight excluding hydrogens is 534 g/mol. The smallest absolute Gasteiger partial charge is 0.273 e. The molecule has 0 bridgehead atoms. The molecule has 0 radical (unpaired) electrons. The highest BCUT2D eigenvalue weighted by Gasteiger charge is 2.41. The van der Waals surface area contributed by atoms with Gasteiger partial charge in [0.05, 0.1) is 11.8 Å². The van der Waals surface area contributed by atoms with Crippen molar-refractivity contribution in [3.05, 3.63) is 11.6 Å². The van der Waals surface area contributed by atoms with Gasteiger partial charge in [0.1, 0.15) is 14.5 Å². The molecule has 0 saturated heterocycles. The Labute approximate surface area is 215 Å². The van der Waals surface area contributed by atoms with Crippen molar-refractivity contribution in [1.82, 2.24) is 14.3 Å². The molecule has 0 fully saturated rings. The van der Waals surface area contributed by atoms with Gasteiger partial charge in [-0.2, -0.15) is 4.31 Å². The van der Waals surface area contributed by atoms with Gasteiger partial charge in [-0.25, -0.2) is 21.6 Å². The Morgan fingerprint density at radius 3 is 2.42 bits per heavy atom. The van der Waals surface area contributed by atoms with E-state index in [1.165, 1.54) is 31.3 Å². The molecule has 15 heteroatoms. The number of nitrogens with zero attached hydrogens (tertiary/aromatic N) is 1. The summed E-state index contributed by atoms with van der Waals surface area (Å²) >= 11 is 0.523. The van der Waals surface area contributed by atoms with Gasteiger partial charge in [0.15, 0.2) is 11.6 Å². The predicted molar refractivity (Wildman–Crippen MR) is 131 cm³/mol. The molecule has 204 valence electrons. The topological polar surface area (TPSA) is 176 Å². The fraction of sp³-hybridized carbons (Fsp3) is 0.667. The van der Waals surface area contributed by atoms with Crippen molar-refractivity contribution in [3.8, 4) is 0 Å². The zero-order valence-electron chi connectivity index (χ0n) is 20.8. The number of carbonyl (C=O) groups is 3. The van der Waals surface area contributed by atoms with Crippen molar-refractivity contribution in [1.29, 1.82) is 0 Å². The van der Waals surface area contributed by atoms with E-state index in [9.17, 15) is 36.3 Å². The van der Waals surface area contributed by atoms with Gasteiger partial charge in [-0.15, -0.1) is 11.3 Å². The maximum atomic E-state index is 13.2. The second kappa shape index (κ2) is 12.2. The number of amides is 1. The molecule has 2 heterocycles. The summed E-state index contributed by atoms with van der Waals surface area (Å²) in [6.45, 7) is 6.58. The third kappa shape index (κ3) is 6.57.